The fraction of sp³-hybridized carbons (Fsp3) is 0.312. The summed E-state index contributed by atoms with van der Waals surface area (Å²) >= 11 is 0. The highest BCUT2D eigenvalue weighted by molar-refractivity contribution is 5.35. The molecule has 0 fully saturated rings. The number of benzene rings is 1. The van der Waals surface area contributed by atoms with E-state index in [4.69, 9.17) is 4.74 Å². The van der Waals surface area contributed by atoms with Crippen LogP contribution in [0.4, 0.5) is 5.69 Å². The summed E-state index contributed by atoms with van der Waals surface area (Å²) in [7, 11) is 0. The maximum absolute atomic E-state index is 11.9. The summed E-state index contributed by atoms with van der Waals surface area (Å²) in [6.07, 6.45) is 0.184. The van der Waals surface area contributed by atoms with Gasteiger partial charge in [0.2, 0.25) is 0 Å². The Balaban J connectivity index is 2.03. The van der Waals surface area contributed by atoms with Gasteiger partial charge in [0, 0.05) is 11.6 Å². The second kappa shape index (κ2) is 7.06. The summed E-state index contributed by atoms with van der Waals surface area (Å²) in [4.78, 5) is 22.2. The van der Waals surface area contributed by atoms with Gasteiger partial charge in [-0.3, -0.25) is 14.9 Å². The zero-order chi connectivity index (χ0) is 17.0. The second-order valence-electron chi connectivity index (χ2n) is 5.37. The highest BCUT2D eigenvalue weighted by Crippen LogP contribution is 2.15. The number of aromatic nitrogens is 1. The number of nitrogens with zero attached hydrogens (tertiary/aromatic N) is 2. The molecule has 1 heterocycles. The van der Waals surface area contributed by atoms with Crippen LogP contribution >= 0.6 is 0 Å². The van der Waals surface area contributed by atoms with Gasteiger partial charge in [-0.05, 0) is 26.0 Å². The zero-order valence-corrected chi connectivity index (χ0v) is 12.9. The van der Waals surface area contributed by atoms with E-state index in [0.717, 1.165) is 16.3 Å². The van der Waals surface area contributed by atoms with E-state index in [1.54, 1.807) is 12.1 Å². The lowest BCUT2D eigenvalue weighted by molar-refractivity contribution is -0.386. The Labute approximate surface area is 132 Å². The molecule has 0 saturated carbocycles. The third-order valence-corrected chi connectivity index (χ3v) is 3.37. The summed E-state index contributed by atoms with van der Waals surface area (Å²) < 4.78 is 6.56. The van der Waals surface area contributed by atoms with Crippen LogP contribution in [0.1, 0.15) is 11.1 Å². The van der Waals surface area contributed by atoms with Gasteiger partial charge in [0.25, 0.3) is 11.2 Å². The van der Waals surface area contributed by atoms with Gasteiger partial charge in [-0.1, -0.05) is 17.7 Å². The Morgan fingerprint density at radius 1 is 1.30 bits per heavy atom. The average Bonchev–Trinajstić information content (AvgIpc) is 2.49. The predicted molar refractivity (Wildman–Crippen MR) is 84.8 cm³/mol. The molecule has 1 aromatic heterocycles. The topological polar surface area (TPSA) is 94.6 Å². The normalized spacial score (nSPS) is 12.0. The van der Waals surface area contributed by atoms with Crippen LogP contribution in [0.3, 0.4) is 0 Å². The highest BCUT2D eigenvalue weighted by atomic mass is 16.6. The summed E-state index contributed by atoms with van der Waals surface area (Å²) in [5.41, 5.74) is 0.830. The van der Waals surface area contributed by atoms with Crippen molar-refractivity contribution < 1.29 is 14.8 Å². The monoisotopic (exact) mass is 318 g/mol. The van der Waals surface area contributed by atoms with Crippen molar-refractivity contribution >= 4 is 5.69 Å². The van der Waals surface area contributed by atoms with E-state index in [1.165, 1.54) is 13.0 Å². The first kappa shape index (κ1) is 16.7. The van der Waals surface area contributed by atoms with Crippen molar-refractivity contribution in [2.45, 2.75) is 26.5 Å². The van der Waals surface area contributed by atoms with Crippen LogP contribution in [0.25, 0.3) is 0 Å². The van der Waals surface area contributed by atoms with Crippen molar-refractivity contribution in [2.75, 3.05) is 6.61 Å². The minimum atomic E-state index is -0.962. The number of aliphatic hydroxyl groups is 1. The number of rotatable bonds is 6. The van der Waals surface area contributed by atoms with Crippen LogP contribution < -0.4 is 10.3 Å². The lowest BCUT2D eigenvalue weighted by Gasteiger charge is -2.14. The fourth-order valence-electron chi connectivity index (χ4n) is 2.10. The molecule has 0 bridgehead atoms. The van der Waals surface area contributed by atoms with E-state index in [1.807, 2.05) is 19.1 Å². The third kappa shape index (κ3) is 4.40. The van der Waals surface area contributed by atoms with E-state index >= 15 is 0 Å². The van der Waals surface area contributed by atoms with Crippen LogP contribution in [-0.2, 0) is 6.54 Å². The SMILES string of the molecule is Cc1ccc(OCC(O)Cn2cc([N+](=O)[O-])c(C)cc2=O)cc1. The van der Waals surface area contributed by atoms with Crippen molar-refractivity contribution in [3.8, 4) is 5.75 Å². The molecule has 0 amide bonds. The number of nitro groups is 1. The van der Waals surface area contributed by atoms with E-state index in [9.17, 15) is 20.0 Å². The molecule has 7 nitrogen and oxygen atoms in total. The highest BCUT2D eigenvalue weighted by Gasteiger charge is 2.15. The molecule has 0 spiro atoms. The number of pyridine rings is 1. The van der Waals surface area contributed by atoms with Gasteiger partial charge < -0.3 is 14.4 Å². The van der Waals surface area contributed by atoms with Crippen molar-refractivity contribution in [3.63, 3.8) is 0 Å². The zero-order valence-electron chi connectivity index (χ0n) is 12.9. The van der Waals surface area contributed by atoms with Crippen molar-refractivity contribution in [2.24, 2.45) is 0 Å². The van der Waals surface area contributed by atoms with Crippen LogP contribution in [-0.4, -0.2) is 27.3 Å². The van der Waals surface area contributed by atoms with E-state index in [-0.39, 0.29) is 18.8 Å². The standard InChI is InChI=1S/C16H18N2O5/c1-11-3-5-14(6-4-11)23-10-13(19)8-17-9-15(18(21)22)12(2)7-16(17)20/h3-7,9,13,19H,8,10H2,1-2H3. The summed E-state index contributed by atoms with van der Waals surface area (Å²) in [6.45, 7) is 3.36. The van der Waals surface area contributed by atoms with Crippen LogP contribution in [0.15, 0.2) is 41.3 Å². The molecule has 1 unspecified atom stereocenters. The van der Waals surface area contributed by atoms with Gasteiger partial charge in [-0.15, -0.1) is 0 Å². The maximum Gasteiger partial charge on any atom is 0.288 e. The Hall–Kier alpha value is -2.67. The number of aliphatic hydroxyl groups excluding tert-OH is 1. The number of hydrogen-bond acceptors (Lipinski definition) is 5. The molecule has 23 heavy (non-hydrogen) atoms. The predicted octanol–water partition coefficient (Wildman–Crippen LogP) is 1.81. The second-order valence-corrected chi connectivity index (χ2v) is 5.37. The minimum absolute atomic E-state index is 0.0167. The largest absolute Gasteiger partial charge is 0.491 e. The molecular weight excluding hydrogens is 300 g/mol. The molecule has 0 aliphatic heterocycles. The van der Waals surface area contributed by atoms with E-state index in [0.29, 0.717) is 11.3 Å². The lowest BCUT2D eigenvalue weighted by atomic mass is 10.2. The first-order valence-corrected chi connectivity index (χ1v) is 7.10. The summed E-state index contributed by atoms with van der Waals surface area (Å²) in [5, 5.41) is 20.9. The first-order valence-electron chi connectivity index (χ1n) is 7.10. The van der Waals surface area contributed by atoms with Gasteiger partial charge in [0.15, 0.2) is 0 Å². The van der Waals surface area contributed by atoms with Gasteiger partial charge in [0.1, 0.15) is 18.5 Å². The molecule has 1 N–H and O–H groups in total. The van der Waals surface area contributed by atoms with Gasteiger partial charge in [-0.2, -0.15) is 0 Å². The van der Waals surface area contributed by atoms with E-state index in [2.05, 4.69) is 0 Å². The molecular formula is C16H18N2O5. The van der Waals surface area contributed by atoms with Gasteiger partial charge in [-0.25, -0.2) is 0 Å². The maximum atomic E-state index is 11.9. The lowest BCUT2D eigenvalue weighted by Crippen LogP contribution is -2.30. The number of aryl methyl sites for hydroxylation is 2. The summed E-state index contributed by atoms with van der Waals surface area (Å²) in [6, 6.07) is 8.52. The smallest absolute Gasteiger partial charge is 0.288 e. The van der Waals surface area contributed by atoms with Crippen LogP contribution in [0, 0.1) is 24.0 Å². The van der Waals surface area contributed by atoms with Gasteiger partial charge >= 0.3 is 0 Å². The number of ether oxygens (including phenoxy) is 1. The van der Waals surface area contributed by atoms with Crippen LogP contribution in [0.2, 0.25) is 0 Å². The third-order valence-electron chi connectivity index (χ3n) is 3.37. The van der Waals surface area contributed by atoms with Gasteiger partial charge in [0.05, 0.1) is 17.7 Å². The molecule has 0 saturated heterocycles. The van der Waals surface area contributed by atoms with E-state index < -0.39 is 16.6 Å². The molecule has 1 aromatic carbocycles. The number of hydrogen-bond donors (Lipinski definition) is 1. The molecule has 1 atom stereocenters. The molecule has 0 radical (unpaired) electrons. The van der Waals surface area contributed by atoms with Crippen molar-refractivity contribution in [1.29, 1.82) is 0 Å². The fourth-order valence-corrected chi connectivity index (χ4v) is 2.10. The molecule has 2 rings (SSSR count). The molecule has 0 aliphatic rings. The van der Waals surface area contributed by atoms with Crippen molar-refractivity contribution in [1.82, 2.24) is 4.57 Å². The first-order chi connectivity index (χ1) is 10.9. The Bertz CT molecular complexity index is 752. The molecule has 2 aromatic rings. The quantitative estimate of drug-likeness (QED) is 0.647. The Morgan fingerprint density at radius 3 is 2.57 bits per heavy atom. The molecule has 122 valence electrons. The van der Waals surface area contributed by atoms with Crippen LogP contribution in [0.5, 0.6) is 5.75 Å². The van der Waals surface area contributed by atoms with Crippen molar-refractivity contribution in [3.05, 3.63) is 68.1 Å². The molecule has 0 aliphatic carbocycles. The Kier molecular flexibility index (Phi) is 5.13. The average molecular weight is 318 g/mol. The summed E-state index contributed by atoms with van der Waals surface area (Å²) in [5.74, 6) is 0.608. The molecule has 7 heteroatoms. The minimum Gasteiger partial charge on any atom is -0.491 e. The Morgan fingerprint density at radius 2 is 1.96 bits per heavy atom.